The lowest BCUT2D eigenvalue weighted by Crippen LogP contribution is -2.08. The maximum Gasteiger partial charge on any atom is 0.272 e. The number of nitrogens with zero attached hydrogens (tertiary/aromatic N) is 1. The zero-order valence-electron chi connectivity index (χ0n) is 5.93. The quantitative estimate of drug-likeness (QED) is 0.732. The van der Waals surface area contributed by atoms with E-state index in [-0.39, 0.29) is 10.9 Å². The van der Waals surface area contributed by atoms with E-state index < -0.39 is 13.0 Å². The van der Waals surface area contributed by atoms with Crippen LogP contribution in [0.15, 0.2) is 12.3 Å². The van der Waals surface area contributed by atoms with Gasteiger partial charge in [-0.15, -0.1) is 0 Å². The van der Waals surface area contributed by atoms with Crippen LogP contribution in [0.25, 0.3) is 0 Å². The van der Waals surface area contributed by atoms with Crippen LogP contribution in [0.4, 0.5) is 8.78 Å². The van der Waals surface area contributed by atoms with Crippen LogP contribution in [0, 0.1) is 6.07 Å². The summed E-state index contributed by atoms with van der Waals surface area (Å²) in [6.07, 6.45) is -1.22. The van der Waals surface area contributed by atoms with Crippen molar-refractivity contribution in [1.29, 1.82) is 0 Å². The molecule has 0 aliphatic carbocycles. The monoisotopic (exact) mass is 192 g/mol. The van der Waals surface area contributed by atoms with E-state index in [1.165, 1.54) is 12.3 Å². The van der Waals surface area contributed by atoms with Crippen molar-refractivity contribution in [2.45, 2.75) is 6.43 Å². The molecule has 0 saturated carbocycles. The first kappa shape index (κ1) is 9.19. The van der Waals surface area contributed by atoms with E-state index in [0.717, 1.165) is 0 Å². The zero-order valence-corrected chi connectivity index (χ0v) is 6.68. The summed E-state index contributed by atoms with van der Waals surface area (Å²) in [4.78, 5) is 3.61. The smallest absolute Gasteiger partial charge is 0.272 e. The molecule has 0 saturated heterocycles. The van der Waals surface area contributed by atoms with Gasteiger partial charge in [-0.05, 0) is 6.07 Å². The second kappa shape index (κ2) is 4.21. The Morgan fingerprint density at radius 2 is 2.42 bits per heavy atom. The van der Waals surface area contributed by atoms with Crippen molar-refractivity contribution >= 4 is 11.6 Å². The molecular formula is C7H5ClF2NO. The van der Waals surface area contributed by atoms with Crippen molar-refractivity contribution in [1.82, 2.24) is 4.98 Å². The Morgan fingerprint density at radius 3 is 3.00 bits per heavy atom. The predicted octanol–water partition coefficient (Wildman–Crippen LogP) is 2.18. The summed E-state index contributed by atoms with van der Waals surface area (Å²) in [5.41, 5.74) is 0. The molecule has 5 heteroatoms. The third kappa shape index (κ3) is 2.62. The van der Waals surface area contributed by atoms with Gasteiger partial charge in [-0.1, -0.05) is 11.6 Å². The van der Waals surface area contributed by atoms with Crippen LogP contribution in [0.3, 0.4) is 0 Å². The van der Waals surface area contributed by atoms with E-state index in [0.29, 0.717) is 0 Å². The number of halogens is 3. The van der Waals surface area contributed by atoms with Gasteiger partial charge < -0.3 is 4.74 Å². The molecule has 0 bridgehead atoms. The summed E-state index contributed by atoms with van der Waals surface area (Å²) < 4.78 is 27.9. The summed E-state index contributed by atoms with van der Waals surface area (Å²) >= 11 is 5.54. The molecule has 0 fully saturated rings. The summed E-state index contributed by atoms with van der Waals surface area (Å²) in [5, 5.41) is 0.179. The molecular weight excluding hydrogens is 188 g/mol. The molecule has 0 atom stereocenters. The van der Waals surface area contributed by atoms with Crippen LogP contribution >= 0.6 is 11.6 Å². The van der Waals surface area contributed by atoms with Crippen LogP contribution in [0.5, 0.6) is 5.88 Å². The maximum absolute atomic E-state index is 11.6. The molecule has 0 aliphatic heterocycles. The summed E-state index contributed by atoms with van der Waals surface area (Å²) in [6.45, 7) is -0.698. The number of pyridine rings is 1. The van der Waals surface area contributed by atoms with E-state index in [1.807, 2.05) is 0 Å². The van der Waals surface area contributed by atoms with Gasteiger partial charge in [0.2, 0.25) is 5.88 Å². The first-order valence-electron chi connectivity index (χ1n) is 3.12. The first-order valence-corrected chi connectivity index (χ1v) is 3.50. The third-order valence-corrected chi connectivity index (χ3v) is 1.29. The van der Waals surface area contributed by atoms with Gasteiger partial charge in [0.25, 0.3) is 6.43 Å². The highest BCUT2D eigenvalue weighted by Gasteiger charge is 2.06. The lowest BCUT2D eigenvalue weighted by atomic mass is 10.5. The van der Waals surface area contributed by atoms with Crippen LogP contribution in [-0.2, 0) is 0 Å². The number of rotatable bonds is 3. The fourth-order valence-corrected chi connectivity index (χ4v) is 0.744. The van der Waals surface area contributed by atoms with Gasteiger partial charge in [0.15, 0.2) is 6.61 Å². The lowest BCUT2D eigenvalue weighted by molar-refractivity contribution is 0.0796. The number of hydrogen-bond donors (Lipinski definition) is 0. The van der Waals surface area contributed by atoms with Crippen LogP contribution in [0.1, 0.15) is 0 Å². The van der Waals surface area contributed by atoms with Gasteiger partial charge in [0, 0.05) is 12.3 Å². The SMILES string of the molecule is FC(F)COc1nc[c]cc1Cl. The molecule has 0 amide bonds. The second-order valence-corrected chi connectivity index (χ2v) is 2.33. The average Bonchev–Trinajstić information content (AvgIpc) is 2.03. The average molecular weight is 193 g/mol. The number of hydrogen-bond acceptors (Lipinski definition) is 2. The number of aromatic nitrogens is 1. The van der Waals surface area contributed by atoms with Crippen LogP contribution in [-0.4, -0.2) is 18.0 Å². The Bertz CT molecular complexity index is 257. The van der Waals surface area contributed by atoms with E-state index >= 15 is 0 Å². The van der Waals surface area contributed by atoms with Gasteiger partial charge in [-0.25, -0.2) is 13.8 Å². The summed E-state index contributed by atoms with van der Waals surface area (Å²) in [5.74, 6) is 0.00992. The molecule has 65 valence electrons. The maximum atomic E-state index is 11.6. The first-order chi connectivity index (χ1) is 5.70. The fourth-order valence-electron chi connectivity index (χ4n) is 0.578. The highest BCUT2D eigenvalue weighted by molar-refractivity contribution is 6.31. The van der Waals surface area contributed by atoms with E-state index in [1.54, 1.807) is 0 Å². The molecule has 1 heterocycles. The standard InChI is InChI=1S/C7H5ClF2NO/c8-5-2-1-3-11-7(5)12-4-6(9)10/h2-3,6H,4H2. The lowest BCUT2D eigenvalue weighted by Gasteiger charge is -2.04. The Hall–Kier alpha value is -0.900. The molecule has 0 spiro atoms. The van der Waals surface area contributed by atoms with Crippen molar-refractivity contribution in [3.63, 3.8) is 0 Å². The van der Waals surface area contributed by atoms with Crippen LogP contribution in [0.2, 0.25) is 5.02 Å². The molecule has 12 heavy (non-hydrogen) atoms. The molecule has 1 rings (SSSR count). The Morgan fingerprint density at radius 1 is 1.67 bits per heavy atom. The second-order valence-electron chi connectivity index (χ2n) is 1.92. The molecule has 0 unspecified atom stereocenters. The summed E-state index contributed by atoms with van der Waals surface area (Å²) in [6, 6.07) is 3.98. The van der Waals surface area contributed by atoms with Gasteiger partial charge in [-0.2, -0.15) is 0 Å². The fraction of sp³-hybridized carbons (Fsp3) is 0.286. The van der Waals surface area contributed by atoms with E-state index in [2.05, 4.69) is 15.8 Å². The van der Waals surface area contributed by atoms with Crippen LogP contribution < -0.4 is 4.74 Å². The van der Waals surface area contributed by atoms with Gasteiger partial charge >= 0.3 is 0 Å². The molecule has 1 aromatic heterocycles. The van der Waals surface area contributed by atoms with Crippen molar-refractivity contribution in [3.8, 4) is 5.88 Å². The minimum absolute atomic E-state index is 0.00992. The van der Waals surface area contributed by atoms with E-state index in [9.17, 15) is 8.78 Å². The molecule has 2 nitrogen and oxygen atoms in total. The summed E-state index contributed by atoms with van der Waals surface area (Å²) in [7, 11) is 0. The predicted molar refractivity (Wildman–Crippen MR) is 39.6 cm³/mol. The van der Waals surface area contributed by atoms with E-state index in [4.69, 9.17) is 11.6 Å². The van der Waals surface area contributed by atoms with Gasteiger partial charge in [-0.3, -0.25) is 0 Å². The number of alkyl halides is 2. The molecule has 1 radical (unpaired) electrons. The zero-order chi connectivity index (χ0) is 8.97. The highest BCUT2D eigenvalue weighted by Crippen LogP contribution is 2.19. The Kier molecular flexibility index (Phi) is 3.22. The Balaban J connectivity index is 2.57. The van der Waals surface area contributed by atoms with Crippen molar-refractivity contribution in [2.75, 3.05) is 6.61 Å². The largest absolute Gasteiger partial charge is 0.471 e. The Labute approximate surface area is 73.1 Å². The minimum atomic E-state index is -2.52. The molecule has 1 aromatic rings. The minimum Gasteiger partial charge on any atom is -0.471 e. The third-order valence-electron chi connectivity index (χ3n) is 1.02. The van der Waals surface area contributed by atoms with Crippen molar-refractivity contribution < 1.29 is 13.5 Å². The molecule has 0 aromatic carbocycles. The normalized spacial score (nSPS) is 10.3. The van der Waals surface area contributed by atoms with Gasteiger partial charge in [0.1, 0.15) is 5.02 Å². The highest BCUT2D eigenvalue weighted by atomic mass is 35.5. The molecule has 0 aliphatic rings. The van der Waals surface area contributed by atoms with Crippen molar-refractivity contribution in [2.24, 2.45) is 0 Å². The molecule has 0 N–H and O–H groups in total. The number of ether oxygens (including phenoxy) is 1. The van der Waals surface area contributed by atoms with Crippen molar-refractivity contribution in [3.05, 3.63) is 23.4 Å². The topological polar surface area (TPSA) is 22.1 Å². The van der Waals surface area contributed by atoms with Gasteiger partial charge in [0.05, 0.1) is 0 Å².